The molecule has 0 aromatic carbocycles. The van der Waals surface area contributed by atoms with Crippen LogP contribution < -0.4 is 5.32 Å². The first kappa shape index (κ1) is 14.7. The SMILES string of the molecule is CCCC(C#N)C(=O)NC(CCC)c1cccs1. The zero-order valence-electron chi connectivity index (χ0n) is 11.0. The summed E-state index contributed by atoms with van der Waals surface area (Å²) in [5.74, 6) is -0.652. The molecule has 0 aliphatic rings. The summed E-state index contributed by atoms with van der Waals surface area (Å²) >= 11 is 1.65. The van der Waals surface area contributed by atoms with Crippen LogP contribution >= 0.6 is 11.3 Å². The van der Waals surface area contributed by atoms with Gasteiger partial charge in [-0.05, 0) is 24.3 Å². The van der Waals surface area contributed by atoms with Crippen LogP contribution in [-0.2, 0) is 4.79 Å². The molecule has 0 saturated carbocycles. The molecule has 0 bridgehead atoms. The topological polar surface area (TPSA) is 52.9 Å². The van der Waals surface area contributed by atoms with Crippen molar-refractivity contribution in [1.82, 2.24) is 5.32 Å². The third kappa shape index (κ3) is 4.15. The van der Waals surface area contributed by atoms with E-state index in [0.29, 0.717) is 6.42 Å². The number of hydrogen-bond acceptors (Lipinski definition) is 3. The number of nitriles is 1. The Hall–Kier alpha value is -1.34. The summed E-state index contributed by atoms with van der Waals surface area (Å²) in [6.45, 7) is 4.08. The number of rotatable bonds is 7. The minimum atomic E-state index is -0.519. The van der Waals surface area contributed by atoms with Gasteiger partial charge in [0.15, 0.2) is 0 Å². The first-order valence-corrected chi connectivity index (χ1v) is 7.34. The van der Waals surface area contributed by atoms with E-state index in [1.165, 1.54) is 4.88 Å². The molecule has 2 atom stereocenters. The van der Waals surface area contributed by atoms with Gasteiger partial charge in [0.1, 0.15) is 5.92 Å². The van der Waals surface area contributed by atoms with Gasteiger partial charge < -0.3 is 5.32 Å². The highest BCUT2D eigenvalue weighted by Gasteiger charge is 2.21. The molecule has 1 N–H and O–H groups in total. The van der Waals surface area contributed by atoms with Crippen LogP contribution in [0.1, 0.15) is 50.4 Å². The number of hydrogen-bond donors (Lipinski definition) is 1. The predicted octanol–water partition coefficient (Wildman–Crippen LogP) is 3.65. The van der Waals surface area contributed by atoms with Crippen LogP contribution in [0.15, 0.2) is 17.5 Å². The van der Waals surface area contributed by atoms with Crippen LogP contribution in [0.4, 0.5) is 0 Å². The lowest BCUT2D eigenvalue weighted by Crippen LogP contribution is -2.33. The molecule has 0 radical (unpaired) electrons. The minimum absolute atomic E-state index is 0.0511. The maximum atomic E-state index is 12.0. The Balaban J connectivity index is 2.66. The third-order valence-corrected chi connectivity index (χ3v) is 3.82. The van der Waals surface area contributed by atoms with Crippen molar-refractivity contribution < 1.29 is 4.79 Å². The summed E-state index contributed by atoms with van der Waals surface area (Å²) in [4.78, 5) is 13.2. The maximum Gasteiger partial charge on any atom is 0.237 e. The van der Waals surface area contributed by atoms with Crippen LogP contribution in [0.25, 0.3) is 0 Å². The first-order valence-electron chi connectivity index (χ1n) is 6.46. The summed E-state index contributed by atoms with van der Waals surface area (Å²) < 4.78 is 0. The summed E-state index contributed by atoms with van der Waals surface area (Å²) in [5.41, 5.74) is 0. The Morgan fingerprint density at radius 1 is 1.44 bits per heavy atom. The molecular weight excluding hydrogens is 244 g/mol. The van der Waals surface area contributed by atoms with Gasteiger partial charge in [-0.2, -0.15) is 5.26 Å². The molecule has 98 valence electrons. The molecule has 0 aliphatic carbocycles. The van der Waals surface area contributed by atoms with E-state index in [2.05, 4.69) is 18.3 Å². The lowest BCUT2D eigenvalue weighted by Gasteiger charge is -2.18. The fourth-order valence-electron chi connectivity index (χ4n) is 1.88. The van der Waals surface area contributed by atoms with Crippen LogP contribution in [0.3, 0.4) is 0 Å². The highest BCUT2D eigenvalue weighted by Crippen LogP contribution is 2.23. The first-order chi connectivity index (χ1) is 8.72. The molecule has 0 aliphatic heterocycles. The highest BCUT2D eigenvalue weighted by atomic mass is 32.1. The molecule has 1 rings (SSSR count). The van der Waals surface area contributed by atoms with E-state index in [-0.39, 0.29) is 11.9 Å². The van der Waals surface area contributed by atoms with Gasteiger partial charge >= 0.3 is 0 Å². The predicted molar refractivity (Wildman–Crippen MR) is 74.1 cm³/mol. The molecular formula is C14H20N2OS. The molecule has 2 unspecified atom stereocenters. The Bertz CT molecular complexity index is 394. The van der Waals surface area contributed by atoms with Crippen LogP contribution in [-0.4, -0.2) is 5.91 Å². The average molecular weight is 264 g/mol. The lowest BCUT2D eigenvalue weighted by molar-refractivity contribution is -0.124. The molecule has 1 heterocycles. The fraction of sp³-hybridized carbons (Fsp3) is 0.571. The van der Waals surface area contributed by atoms with Crippen molar-refractivity contribution in [1.29, 1.82) is 5.26 Å². The van der Waals surface area contributed by atoms with E-state index in [1.54, 1.807) is 11.3 Å². The Morgan fingerprint density at radius 2 is 2.17 bits per heavy atom. The van der Waals surface area contributed by atoms with Gasteiger partial charge in [0, 0.05) is 4.88 Å². The van der Waals surface area contributed by atoms with E-state index >= 15 is 0 Å². The molecule has 4 heteroatoms. The molecule has 0 spiro atoms. The van der Waals surface area contributed by atoms with E-state index in [9.17, 15) is 4.79 Å². The summed E-state index contributed by atoms with van der Waals surface area (Å²) in [5, 5.41) is 14.0. The van der Waals surface area contributed by atoms with Gasteiger partial charge in [-0.25, -0.2) is 0 Å². The van der Waals surface area contributed by atoms with Crippen molar-refractivity contribution >= 4 is 17.2 Å². The molecule has 1 aromatic heterocycles. The molecule has 0 saturated heterocycles. The second-order valence-electron chi connectivity index (χ2n) is 4.34. The van der Waals surface area contributed by atoms with Gasteiger partial charge in [-0.1, -0.05) is 32.8 Å². The normalized spacial score (nSPS) is 13.6. The second kappa shape index (κ2) is 7.88. The molecule has 1 amide bonds. The quantitative estimate of drug-likeness (QED) is 0.817. The van der Waals surface area contributed by atoms with Crippen molar-refractivity contribution in [2.75, 3.05) is 0 Å². The highest BCUT2D eigenvalue weighted by molar-refractivity contribution is 7.10. The molecule has 1 aromatic rings. The largest absolute Gasteiger partial charge is 0.347 e. The zero-order chi connectivity index (χ0) is 13.4. The Morgan fingerprint density at radius 3 is 2.67 bits per heavy atom. The lowest BCUT2D eigenvalue weighted by atomic mass is 10.0. The van der Waals surface area contributed by atoms with E-state index < -0.39 is 5.92 Å². The van der Waals surface area contributed by atoms with Gasteiger partial charge in [-0.15, -0.1) is 11.3 Å². The number of carbonyl (C=O) groups is 1. The average Bonchev–Trinajstić information content (AvgIpc) is 2.89. The van der Waals surface area contributed by atoms with Crippen LogP contribution in [0.2, 0.25) is 0 Å². The van der Waals surface area contributed by atoms with Gasteiger partial charge in [-0.3, -0.25) is 4.79 Å². The summed E-state index contributed by atoms with van der Waals surface area (Å²) in [7, 11) is 0. The summed E-state index contributed by atoms with van der Waals surface area (Å²) in [6.07, 6.45) is 3.40. The monoisotopic (exact) mass is 264 g/mol. The van der Waals surface area contributed by atoms with Crippen molar-refractivity contribution in [3.8, 4) is 6.07 Å². The van der Waals surface area contributed by atoms with Gasteiger partial charge in [0.2, 0.25) is 5.91 Å². The third-order valence-electron chi connectivity index (χ3n) is 2.83. The Labute approximate surface area is 113 Å². The Kier molecular flexibility index (Phi) is 6.45. The smallest absolute Gasteiger partial charge is 0.237 e. The second-order valence-corrected chi connectivity index (χ2v) is 5.31. The number of carbonyl (C=O) groups excluding carboxylic acids is 1. The number of amides is 1. The van der Waals surface area contributed by atoms with Crippen LogP contribution in [0.5, 0.6) is 0 Å². The van der Waals surface area contributed by atoms with Crippen molar-refractivity contribution in [3.63, 3.8) is 0 Å². The molecule has 18 heavy (non-hydrogen) atoms. The van der Waals surface area contributed by atoms with Crippen molar-refractivity contribution in [3.05, 3.63) is 22.4 Å². The number of nitrogens with zero attached hydrogens (tertiary/aromatic N) is 1. The van der Waals surface area contributed by atoms with Gasteiger partial charge in [0.25, 0.3) is 0 Å². The van der Waals surface area contributed by atoms with Crippen molar-refractivity contribution in [2.24, 2.45) is 5.92 Å². The van der Waals surface area contributed by atoms with E-state index in [1.807, 2.05) is 24.4 Å². The fourth-order valence-corrected chi connectivity index (χ4v) is 2.69. The standard InChI is InChI=1S/C14H20N2OS/c1-3-6-11(10-15)14(17)16-12(7-4-2)13-8-5-9-18-13/h5,8-9,11-12H,3-4,6-7H2,1-2H3,(H,16,17). The van der Waals surface area contributed by atoms with Crippen molar-refractivity contribution in [2.45, 2.75) is 45.6 Å². The number of nitrogens with one attached hydrogen (secondary N) is 1. The minimum Gasteiger partial charge on any atom is -0.347 e. The molecule has 0 fully saturated rings. The molecule has 3 nitrogen and oxygen atoms in total. The maximum absolute atomic E-state index is 12.0. The van der Waals surface area contributed by atoms with Crippen LogP contribution in [0, 0.1) is 17.2 Å². The zero-order valence-corrected chi connectivity index (χ0v) is 11.8. The number of thiophene rings is 1. The van der Waals surface area contributed by atoms with E-state index in [4.69, 9.17) is 5.26 Å². The van der Waals surface area contributed by atoms with E-state index in [0.717, 1.165) is 19.3 Å². The summed E-state index contributed by atoms with van der Waals surface area (Å²) in [6, 6.07) is 6.16. The van der Waals surface area contributed by atoms with Gasteiger partial charge in [0.05, 0.1) is 12.1 Å².